The Hall–Kier alpha value is -0.930. The van der Waals surface area contributed by atoms with Gasteiger partial charge in [0.2, 0.25) is 0 Å². The minimum absolute atomic E-state index is 0.363. The minimum atomic E-state index is 0.363. The van der Waals surface area contributed by atoms with E-state index in [9.17, 15) is 0 Å². The summed E-state index contributed by atoms with van der Waals surface area (Å²) < 4.78 is 5.93. The first-order valence-corrected chi connectivity index (χ1v) is 8.29. The van der Waals surface area contributed by atoms with Gasteiger partial charge in [0, 0.05) is 37.2 Å². The Balaban J connectivity index is 1.77. The number of nitrogens with zero attached hydrogens (tertiary/aromatic N) is 1. The quantitative estimate of drug-likeness (QED) is 0.883. The summed E-state index contributed by atoms with van der Waals surface area (Å²) in [6.07, 6.45) is 5.45. The molecule has 0 heterocycles. The Morgan fingerprint density at radius 2 is 2.14 bits per heavy atom. The van der Waals surface area contributed by atoms with Gasteiger partial charge >= 0.3 is 0 Å². The summed E-state index contributed by atoms with van der Waals surface area (Å²) in [5.74, 6) is 0. The molecule has 2 unspecified atom stereocenters. The maximum Gasteiger partial charge on any atom is 0.0670 e. The maximum atomic E-state index is 6.18. The van der Waals surface area contributed by atoms with Crippen molar-refractivity contribution in [2.45, 2.75) is 44.8 Å². The highest BCUT2D eigenvalue weighted by molar-refractivity contribution is 6.31. The number of halogens is 1. The van der Waals surface area contributed by atoms with E-state index < -0.39 is 0 Å². The van der Waals surface area contributed by atoms with Crippen molar-refractivity contribution in [1.82, 2.24) is 0 Å². The zero-order valence-electron chi connectivity index (χ0n) is 13.2. The van der Waals surface area contributed by atoms with Crippen molar-refractivity contribution in [3.63, 3.8) is 0 Å². The van der Waals surface area contributed by atoms with Crippen LogP contribution in [0, 0.1) is 5.41 Å². The maximum absolute atomic E-state index is 6.18. The second kappa shape index (κ2) is 5.69. The topological polar surface area (TPSA) is 24.5 Å². The van der Waals surface area contributed by atoms with Crippen LogP contribution in [-0.4, -0.2) is 32.8 Å². The molecule has 1 aromatic carbocycles. The van der Waals surface area contributed by atoms with Gasteiger partial charge in [0.05, 0.1) is 17.5 Å². The van der Waals surface area contributed by atoms with Crippen LogP contribution in [-0.2, 0) is 4.74 Å². The predicted octanol–water partition coefficient (Wildman–Crippen LogP) is 4.17. The van der Waals surface area contributed by atoms with Crippen molar-refractivity contribution in [2.24, 2.45) is 5.41 Å². The van der Waals surface area contributed by atoms with Gasteiger partial charge < -0.3 is 15.0 Å². The molecule has 2 aliphatic rings. The van der Waals surface area contributed by atoms with Crippen LogP contribution in [0.15, 0.2) is 18.2 Å². The number of nitrogens with one attached hydrogen (secondary N) is 1. The Morgan fingerprint density at radius 1 is 1.38 bits per heavy atom. The SMILES string of the molecule is CCOC1CC(Nc2cc(Cl)ccc2N(C)C)C12CCC2. The molecule has 0 radical (unpaired) electrons. The molecular formula is C17H25ClN2O. The highest BCUT2D eigenvalue weighted by atomic mass is 35.5. The normalized spacial score (nSPS) is 26.1. The summed E-state index contributed by atoms with van der Waals surface area (Å²) in [7, 11) is 4.13. The summed E-state index contributed by atoms with van der Waals surface area (Å²) in [6, 6.07) is 6.58. The van der Waals surface area contributed by atoms with Gasteiger partial charge in [0.15, 0.2) is 0 Å². The van der Waals surface area contributed by atoms with Gasteiger partial charge in [-0.25, -0.2) is 0 Å². The van der Waals surface area contributed by atoms with Crippen LogP contribution in [0.5, 0.6) is 0 Å². The first-order chi connectivity index (χ1) is 10.1. The fraction of sp³-hybridized carbons (Fsp3) is 0.647. The highest BCUT2D eigenvalue weighted by Gasteiger charge is 2.59. The minimum Gasteiger partial charge on any atom is -0.380 e. The molecule has 3 nitrogen and oxygen atoms in total. The van der Waals surface area contributed by atoms with Crippen LogP contribution in [0.3, 0.4) is 0 Å². The Morgan fingerprint density at radius 3 is 2.71 bits per heavy atom. The van der Waals surface area contributed by atoms with E-state index in [-0.39, 0.29) is 0 Å². The first kappa shape index (κ1) is 15.0. The van der Waals surface area contributed by atoms with Crippen LogP contribution in [0.2, 0.25) is 5.02 Å². The third-order valence-corrected chi connectivity index (χ3v) is 5.44. The average Bonchev–Trinajstić information content (AvgIpc) is 2.35. The van der Waals surface area contributed by atoms with Crippen LogP contribution >= 0.6 is 11.6 Å². The smallest absolute Gasteiger partial charge is 0.0670 e. The van der Waals surface area contributed by atoms with Crippen molar-refractivity contribution < 1.29 is 4.74 Å². The number of hydrogen-bond acceptors (Lipinski definition) is 3. The molecule has 1 aromatic rings. The average molecular weight is 309 g/mol. The van der Waals surface area contributed by atoms with Gasteiger partial charge in [-0.3, -0.25) is 0 Å². The van der Waals surface area contributed by atoms with Gasteiger partial charge in [0.25, 0.3) is 0 Å². The number of anilines is 2. The molecule has 0 bridgehead atoms. The molecule has 0 saturated heterocycles. The van der Waals surface area contributed by atoms with E-state index in [0.29, 0.717) is 17.6 Å². The highest BCUT2D eigenvalue weighted by Crippen LogP contribution is 2.58. The lowest BCUT2D eigenvalue weighted by molar-refractivity contribution is -0.157. The Labute approximate surface area is 132 Å². The van der Waals surface area contributed by atoms with Crippen molar-refractivity contribution >= 4 is 23.0 Å². The molecule has 3 rings (SSSR count). The number of rotatable bonds is 5. The molecule has 1 spiro atoms. The fourth-order valence-electron chi connectivity index (χ4n) is 3.84. The first-order valence-electron chi connectivity index (χ1n) is 7.92. The van der Waals surface area contributed by atoms with Crippen molar-refractivity contribution in [3.05, 3.63) is 23.2 Å². The standard InChI is InChI=1S/C17H25ClN2O/c1-4-21-16-11-15(17(16)8-5-9-17)19-13-10-12(18)6-7-14(13)20(2)3/h6-7,10,15-16,19H,4-5,8-9,11H2,1-3H3. The van der Waals surface area contributed by atoms with Gasteiger partial charge in [-0.05, 0) is 44.4 Å². The van der Waals surface area contributed by atoms with E-state index in [1.807, 2.05) is 12.1 Å². The monoisotopic (exact) mass is 308 g/mol. The molecular weight excluding hydrogens is 284 g/mol. The Bertz CT molecular complexity index is 514. The van der Waals surface area contributed by atoms with E-state index >= 15 is 0 Å². The number of ether oxygens (including phenoxy) is 1. The van der Waals surface area contributed by atoms with Crippen molar-refractivity contribution in [3.8, 4) is 0 Å². The molecule has 116 valence electrons. The summed E-state index contributed by atoms with van der Waals surface area (Å²) in [5.41, 5.74) is 2.69. The van der Waals surface area contributed by atoms with E-state index in [2.05, 4.69) is 37.3 Å². The number of benzene rings is 1. The summed E-state index contributed by atoms with van der Waals surface area (Å²) in [5, 5.41) is 4.53. The Kier molecular flexibility index (Phi) is 4.06. The van der Waals surface area contributed by atoms with Gasteiger partial charge in [-0.2, -0.15) is 0 Å². The van der Waals surface area contributed by atoms with Crippen molar-refractivity contribution in [1.29, 1.82) is 0 Å². The van der Waals surface area contributed by atoms with Crippen molar-refractivity contribution in [2.75, 3.05) is 30.9 Å². The largest absolute Gasteiger partial charge is 0.380 e. The summed E-state index contributed by atoms with van der Waals surface area (Å²) in [4.78, 5) is 2.13. The second-order valence-corrected chi connectivity index (χ2v) is 6.96. The molecule has 21 heavy (non-hydrogen) atoms. The van der Waals surface area contributed by atoms with E-state index in [1.54, 1.807) is 0 Å². The van der Waals surface area contributed by atoms with Gasteiger partial charge in [0.1, 0.15) is 0 Å². The molecule has 2 atom stereocenters. The molecule has 2 saturated carbocycles. The molecule has 2 fully saturated rings. The lowest BCUT2D eigenvalue weighted by Crippen LogP contribution is -2.64. The van der Waals surface area contributed by atoms with Crippen LogP contribution in [0.4, 0.5) is 11.4 Å². The molecule has 2 aliphatic carbocycles. The predicted molar refractivity (Wildman–Crippen MR) is 89.5 cm³/mol. The second-order valence-electron chi connectivity index (χ2n) is 6.52. The zero-order valence-corrected chi connectivity index (χ0v) is 13.9. The molecule has 0 aliphatic heterocycles. The lowest BCUT2D eigenvalue weighted by Gasteiger charge is -2.61. The molecule has 4 heteroatoms. The fourth-order valence-corrected chi connectivity index (χ4v) is 4.01. The third-order valence-electron chi connectivity index (χ3n) is 5.21. The third kappa shape index (κ3) is 2.51. The van der Waals surface area contributed by atoms with E-state index in [1.165, 1.54) is 24.9 Å². The van der Waals surface area contributed by atoms with Crippen LogP contribution < -0.4 is 10.2 Å². The molecule has 0 aromatic heterocycles. The van der Waals surface area contributed by atoms with E-state index in [4.69, 9.17) is 16.3 Å². The van der Waals surface area contributed by atoms with Gasteiger partial charge in [-0.15, -0.1) is 0 Å². The van der Waals surface area contributed by atoms with E-state index in [0.717, 1.165) is 23.7 Å². The molecule has 0 amide bonds. The molecule has 1 N–H and O–H groups in total. The number of hydrogen-bond donors (Lipinski definition) is 1. The summed E-state index contributed by atoms with van der Waals surface area (Å²) in [6.45, 7) is 2.91. The zero-order chi connectivity index (χ0) is 15.0. The van der Waals surface area contributed by atoms with Crippen LogP contribution in [0.1, 0.15) is 32.6 Å². The lowest BCUT2D eigenvalue weighted by atomic mass is 9.51. The van der Waals surface area contributed by atoms with Crippen LogP contribution in [0.25, 0.3) is 0 Å². The summed E-state index contributed by atoms with van der Waals surface area (Å²) >= 11 is 6.18. The van der Waals surface area contributed by atoms with Gasteiger partial charge in [-0.1, -0.05) is 18.0 Å².